The highest BCUT2D eigenvalue weighted by molar-refractivity contribution is 5.71. The second kappa shape index (κ2) is 11.8. The first-order valence-corrected chi connectivity index (χ1v) is 17.6. The molecule has 4 aromatic rings. The molecule has 2 saturated heterocycles. The van der Waals surface area contributed by atoms with E-state index in [1.807, 2.05) is 100 Å². The third-order valence-corrected chi connectivity index (χ3v) is 9.94. The Hall–Kier alpha value is -5.04. The van der Waals surface area contributed by atoms with Crippen LogP contribution in [-0.2, 0) is 9.47 Å². The van der Waals surface area contributed by atoms with Crippen molar-refractivity contribution >= 4 is 12.2 Å². The van der Waals surface area contributed by atoms with E-state index in [4.69, 9.17) is 19.4 Å². The Morgan fingerprint density at radius 3 is 1.50 bits per heavy atom. The van der Waals surface area contributed by atoms with Gasteiger partial charge in [-0.05, 0) is 103 Å². The van der Waals surface area contributed by atoms with E-state index in [9.17, 15) is 9.59 Å². The molecule has 2 aliphatic carbocycles. The van der Waals surface area contributed by atoms with Crippen molar-refractivity contribution < 1.29 is 19.1 Å². The molecule has 8 rings (SSSR count). The molecule has 0 bridgehead atoms. The van der Waals surface area contributed by atoms with E-state index in [1.54, 1.807) is 0 Å². The number of carbonyl (C=O) groups is 2. The van der Waals surface area contributed by atoms with Gasteiger partial charge in [0.2, 0.25) is 0 Å². The van der Waals surface area contributed by atoms with Crippen LogP contribution in [-0.4, -0.2) is 65.2 Å². The van der Waals surface area contributed by atoms with E-state index in [1.165, 1.54) is 0 Å². The number of rotatable bonds is 4. The van der Waals surface area contributed by atoms with E-state index in [2.05, 4.69) is 33.9 Å². The molecule has 2 aliphatic heterocycles. The summed E-state index contributed by atoms with van der Waals surface area (Å²) in [7, 11) is 0. The molecule has 2 N–H and O–H groups in total. The molecular weight excluding hydrogens is 628 g/mol. The average Bonchev–Trinajstić information content (AvgIpc) is 3.65. The maximum absolute atomic E-state index is 13.1. The fourth-order valence-corrected chi connectivity index (χ4v) is 7.53. The Labute approximate surface area is 293 Å². The van der Waals surface area contributed by atoms with Crippen LogP contribution in [0.1, 0.15) is 102 Å². The smallest absolute Gasteiger partial charge is 0.411 e. The summed E-state index contributed by atoms with van der Waals surface area (Å²) in [6, 6.07) is 16.4. The Morgan fingerprint density at radius 1 is 0.680 bits per heavy atom. The van der Waals surface area contributed by atoms with Crippen LogP contribution in [0.25, 0.3) is 22.5 Å². The topological polar surface area (TPSA) is 116 Å². The van der Waals surface area contributed by atoms with Crippen molar-refractivity contribution in [1.29, 1.82) is 0 Å². The van der Waals surface area contributed by atoms with Gasteiger partial charge in [0, 0.05) is 34.3 Å². The number of piperidine rings is 2. The van der Waals surface area contributed by atoms with Crippen molar-refractivity contribution in [2.75, 3.05) is 0 Å². The molecule has 0 radical (unpaired) electrons. The van der Waals surface area contributed by atoms with Crippen LogP contribution in [0.15, 0.2) is 60.9 Å². The van der Waals surface area contributed by atoms with Crippen molar-refractivity contribution in [2.45, 2.75) is 103 Å². The van der Waals surface area contributed by atoms with Gasteiger partial charge in [-0.2, -0.15) is 0 Å². The van der Waals surface area contributed by atoms with Crippen molar-refractivity contribution in [3.8, 4) is 34.4 Å². The Bertz CT molecular complexity index is 1880. The van der Waals surface area contributed by atoms with E-state index in [-0.39, 0.29) is 36.4 Å². The van der Waals surface area contributed by atoms with Crippen LogP contribution < -0.4 is 0 Å². The zero-order valence-electron chi connectivity index (χ0n) is 29.5. The molecule has 258 valence electrons. The predicted octanol–water partition coefficient (Wildman–Crippen LogP) is 8.01. The standard InChI is InChI=1S/C40H44N6O4/c1-39(2,3)49-37(47)45-31-17-27(31)19-33(45)35-41-21-29(43-35)25-11-7-9-23(15-25)13-14-24-10-8-12-26(16-24)30-22-42-36(44-30)34-20-28-18-32(28)46(34)38(48)50-40(4,5)6/h7-12,15-16,21-22,27-28,31-34H,17-20H2,1-6H3,(H,41,43)(H,42,44)/t27?,28?,31-,32-,33+,34+/m1/s1. The van der Waals surface area contributed by atoms with Crippen LogP contribution >= 0.6 is 0 Å². The normalized spacial score (nSPS) is 25.0. The number of hydrogen-bond acceptors (Lipinski definition) is 6. The van der Waals surface area contributed by atoms with Crippen molar-refractivity contribution in [1.82, 2.24) is 29.7 Å². The number of fused-ring (bicyclic) bond motifs is 2. The van der Waals surface area contributed by atoms with E-state index >= 15 is 0 Å². The number of likely N-dealkylation sites (tertiary alicyclic amines) is 2. The molecule has 4 fully saturated rings. The second-order valence-corrected chi connectivity index (χ2v) is 16.2. The first-order chi connectivity index (χ1) is 23.8. The van der Waals surface area contributed by atoms with Crippen molar-refractivity contribution in [3.63, 3.8) is 0 Å². The first kappa shape index (κ1) is 32.2. The molecule has 50 heavy (non-hydrogen) atoms. The summed E-state index contributed by atoms with van der Waals surface area (Å²) in [5, 5.41) is 0. The third-order valence-electron chi connectivity index (χ3n) is 9.94. The number of hydrogen-bond donors (Lipinski definition) is 2. The minimum Gasteiger partial charge on any atom is -0.444 e. The lowest BCUT2D eigenvalue weighted by Crippen LogP contribution is -2.38. The minimum absolute atomic E-state index is 0.115. The average molecular weight is 673 g/mol. The Morgan fingerprint density at radius 2 is 1.10 bits per heavy atom. The molecule has 2 aromatic heterocycles. The first-order valence-electron chi connectivity index (χ1n) is 17.6. The molecule has 2 unspecified atom stereocenters. The summed E-state index contributed by atoms with van der Waals surface area (Å²) in [5.41, 5.74) is 4.40. The third kappa shape index (κ3) is 6.49. The van der Waals surface area contributed by atoms with Gasteiger partial charge in [0.1, 0.15) is 22.9 Å². The highest BCUT2D eigenvalue weighted by Crippen LogP contribution is 2.54. The fraction of sp³-hybridized carbons (Fsp3) is 0.450. The summed E-state index contributed by atoms with van der Waals surface area (Å²) in [4.78, 5) is 46.3. The van der Waals surface area contributed by atoms with Gasteiger partial charge in [-0.25, -0.2) is 19.6 Å². The van der Waals surface area contributed by atoms with Crippen molar-refractivity contribution in [3.05, 3.63) is 83.7 Å². The van der Waals surface area contributed by atoms with Crippen LogP contribution in [0.5, 0.6) is 0 Å². The van der Waals surface area contributed by atoms with Gasteiger partial charge in [0.25, 0.3) is 0 Å². The molecule has 4 heterocycles. The Kier molecular flexibility index (Phi) is 7.59. The summed E-state index contributed by atoms with van der Waals surface area (Å²) in [5.74, 6) is 9.26. The maximum Gasteiger partial charge on any atom is 0.411 e. The van der Waals surface area contributed by atoms with E-state index in [0.717, 1.165) is 71.0 Å². The number of imidazole rings is 2. The van der Waals surface area contributed by atoms with Gasteiger partial charge in [-0.15, -0.1) is 0 Å². The fourth-order valence-electron chi connectivity index (χ4n) is 7.53. The van der Waals surface area contributed by atoms with E-state index < -0.39 is 11.2 Å². The quantitative estimate of drug-likeness (QED) is 0.212. The highest BCUT2D eigenvalue weighted by atomic mass is 16.6. The lowest BCUT2D eigenvalue weighted by Gasteiger charge is -2.29. The van der Waals surface area contributed by atoms with Gasteiger partial charge in [-0.3, -0.25) is 9.80 Å². The summed E-state index contributed by atoms with van der Waals surface area (Å²) >= 11 is 0. The second-order valence-electron chi connectivity index (χ2n) is 16.2. The van der Waals surface area contributed by atoms with Gasteiger partial charge >= 0.3 is 12.2 Å². The largest absolute Gasteiger partial charge is 0.444 e. The molecule has 2 amide bonds. The van der Waals surface area contributed by atoms with E-state index in [0.29, 0.717) is 11.8 Å². The highest BCUT2D eigenvalue weighted by Gasteiger charge is 2.57. The molecule has 10 nitrogen and oxygen atoms in total. The zero-order valence-corrected chi connectivity index (χ0v) is 29.5. The molecule has 10 heteroatoms. The van der Waals surface area contributed by atoms with Crippen molar-refractivity contribution in [2.24, 2.45) is 11.8 Å². The molecular formula is C40H44N6O4. The number of aromatic amines is 2. The maximum atomic E-state index is 13.1. The summed E-state index contributed by atoms with van der Waals surface area (Å²) in [6.45, 7) is 11.4. The monoisotopic (exact) mass is 672 g/mol. The number of aromatic nitrogens is 4. The number of benzene rings is 2. The number of carbonyl (C=O) groups excluding carboxylic acids is 2. The molecule has 2 aromatic carbocycles. The number of nitrogens with zero attached hydrogens (tertiary/aromatic N) is 4. The predicted molar refractivity (Wildman–Crippen MR) is 189 cm³/mol. The number of amides is 2. The number of nitrogens with one attached hydrogen (secondary N) is 2. The Balaban J connectivity index is 0.964. The number of H-pyrrole nitrogens is 2. The zero-order chi connectivity index (χ0) is 34.9. The molecule has 0 spiro atoms. The van der Waals surface area contributed by atoms with Crippen LogP contribution in [0.4, 0.5) is 9.59 Å². The van der Waals surface area contributed by atoms with Crippen LogP contribution in [0.3, 0.4) is 0 Å². The molecule has 4 aliphatic rings. The summed E-state index contributed by atoms with van der Waals surface area (Å²) < 4.78 is 11.5. The minimum atomic E-state index is -0.545. The van der Waals surface area contributed by atoms with Gasteiger partial charge in [0.15, 0.2) is 0 Å². The SMILES string of the molecule is CC(C)(C)OC(=O)N1[C@@H]2CC2C[C@H]1c1ncc(-c2cccc(C#Cc3cccc(-c4cnc([C@@H]5CC6C[C@H]6N5C(=O)OC(C)(C)C)[nH]4)c3)c2)[nH]1. The lowest BCUT2D eigenvalue weighted by atomic mass is 10.1. The number of ether oxygens (including phenoxy) is 2. The summed E-state index contributed by atoms with van der Waals surface area (Å²) in [6.07, 6.45) is 6.99. The van der Waals surface area contributed by atoms with Gasteiger partial charge in [-0.1, -0.05) is 36.1 Å². The molecule has 2 saturated carbocycles. The molecule has 6 atom stereocenters. The van der Waals surface area contributed by atoms with Crippen LogP contribution in [0, 0.1) is 23.7 Å². The lowest BCUT2D eigenvalue weighted by molar-refractivity contribution is 0.0164. The van der Waals surface area contributed by atoms with Gasteiger partial charge < -0.3 is 19.4 Å². The van der Waals surface area contributed by atoms with Gasteiger partial charge in [0.05, 0.1) is 35.9 Å². The van der Waals surface area contributed by atoms with Crippen LogP contribution in [0.2, 0.25) is 0 Å².